The number of nitrogens with one attached hydrogen (secondary N) is 1. The number of amides is 1. The first-order valence-corrected chi connectivity index (χ1v) is 5.50. The van der Waals surface area contributed by atoms with E-state index in [1.807, 2.05) is 0 Å². The molecule has 0 aromatic carbocycles. The highest BCUT2D eigenvalue weighted by Crippen LogP contribution is 2.17. The van der Waals surface area contributed by atoms with E-state index in [2.05, 4.69) is 17.2 Å². The number of nitrogens with two attached hydrogens (primary N) is 1. The second-order valence-electron chi connectivity index (χ2n) is 3.95. The quantitative estimate of drug-likeness (QED) is 0.381. The molecule has 1 fully saturated rings. The number of ether oxygens (including phenoxy) is 1. The first kappa shape index (κ1) is 12.4. The zero-order valence-corrected chi connectivity index (χ0v) is 9.53. The van der Waals surface area contributed by atoms with Crippen molar-refractivity contribution in [2.75, 3.05) is 20.2 Å². The molecule has 2 atom stereocenters. The van der Waals surface area contributed by atoms with Crippen LogP contribution in [-0.4, -0.2) is 43.2 Å². The van der Waals surface area contributed by atoms with Crippen LogP contribution in [0.1, 0.15) is 26.2 Å². The second kappa shape index (κ2) is 6.05. The van der Waals surface area contributed by atoms with E-state index in [4.69, 9.17) is 10.6 Å². The van der Waals surface area contributed by atoms with Crippen LogP contribution in [0.3, 0.4) is 0 Å². The van der Waals surface area contributed by atoms with Gasteiger partial charge in [0.2, 0.25) is 0 Å². The van der Waals surface area contributed by atoms with Crippen LogP contribution >= 0.6 is 0 Å². The molecule has 0 aromatic heterocycles. The lowest BCUT2D eigenvalue weighted by Gasteiger charge is -2.25. The smallest absolute Gasteiger partial charge is 0.251 e. The summed E-state index contributed by atoms with van der Waals surface area (Å²) in [5.74, 6) is 5.09. The Hall–Kier alpha value is -0.650. The number of carbonyl (C=O) groups is 1. The molecule has 1 saturated heterocycles. The van der Waals surface area contributed by atoms with Gasteiger partial charge in [-0.15, -0.1) is 0 Å². The number of methoxy groups -OCH3 is 1. The highest BCUT2D eigenvalue weighted by atomic mass is 16.5. The Morgan fingerprint density at radius 1 is 1.73 bits per heavy atom. The Morgan fingerprint density at radius 2 is 2.47 bits per heavy atom. The summed E-state index contributed by atoms with van der Waals surface area (Å²) in [6.07, 6.45) is 3.08. The summed E-state index contributed by atoms with van der Waals surface area (Å²) >= 11 is 0. The third-order valence-corrected chi connectivity index (χ3v) is 2.96. The highest BCUT2D eigenvalue weighted by molar-refractivity contribution is 5.81. The average Bonchev–Trinajstić information content (AvgIpc) is 2.73. The Labute approximate surface area is 90.9 Å². The van der Waals surface area contributed by atoms with E-state index in [0.29, 0.717) is 0 Å². The molecule has 0 radical (unpaired) electrons. The molecule has 1 aliphatic heterocycles. The predicted molar refractivity (Wildman–Crippen MR) is 58.0 cm³/mol. The van der Waals surface area contributed by atoms with Gasteiger partial charge in [-0.25, -0.2) is 5.84 Å². The third-order valence-electron chi connectivity index (χ3n) is 2.96. The average molecular weight is 215 g/mol. The van der Waals surface area contributed by atoms with Gasteiger partial charge >= 0.3 is 0 Å². The monoisotopic (exact) mass is 215 g/mol. The summed E-state index contributed by atoms with van der Waals surface area (Å²) in [7, 11) is 1.71. The zero-order valence-electron chi connectivity index (χ0n) is 9.53. The molecule has 88 valence electrons. The minimum absolute atomic E-state index is 0.0893. The summed E-state index contributed by atoms with van der Waals surface area (Å²) in [5.41, 5.74) is 2.24. The van der Waals surface area contributed by atoms with Crippen LogP contribution in [0, 0.1) is 0 Å². The molecule has 15 heavy (non-hydrogen) atoms. The molecule has 0 bridgehead atoms. The van der Waals surface area contributed by atoms with Gasteiger partial charge in [-0.3, -0.25) is 15.1 Å². The van der Waals surface area contributed by atoms with Crippen molar-refractivity contribution in [3.8, 4) is 0 Å². The lowest BCUT2D eigenvalue weighted by atomic mass is 10.1. The van der Waals surface area contributed by atoms with Gasteiger partial charge in [0.15, 0.2) is 0 Å². The predicted octanol–water partition coefficient (Wildman–Crippen LogP) is -0.134. The van der Waals surface area contributed by atoms with Gasteiger partial charge < -0.3 is 4.74 Å². The van der Waals surface area contributed by atoms with E-state index in [-0.39, 0.29) is 18.1 Å². The number of likely N-dealkylation sites (tertiary alicyclic amines) is 1. The normalized spacial score (nSPS) is 24.1. The summed E-state index contributed by atoms with van der Waals surface area (Å²) in [4.78, 5) is 13.7. The fraction of sp³-hybridized carbons (Fsp3) is 0.900. The number of carbonyl (C=O) groups excluding carboxylic acids is 1. The molecular formula is C10H21N3O2. The molecule has 0 aliphatic carbocycles. The van der Waals surface area contributed by atoms with Gasteiger partial charge in [0.25, 0.3) is 5.91 Å². The Balaban J connectivity index is 2.53. The standard InChI is InChI=1S/C10H21N3O2/c1-3-4-9(10(14)12-11)13-6-5-8(7-13)15-2/h8-9H,3-7,11H2,1-2H3,(H,12,14). The maximum Gasteiger partial charge on any atom is 0.251 e. The van der Waals surface area contributed by atoms with Crippen LogP contribution < -0.4 is 11.3 Å². The molecule has 1 amide bonds. The van der Waals surface area contributed by atoms with E-state index in [0.717, 1.165) is 32.4 Å². The maximum absolute atomic E-state index is 11.6. The largest absolute Gasteiger partial charge is 0.380 e. The Kier molecular flexibility index (Phi) is 5.01. The SMILES string of the molecule is CCCC(C(=O)NN)N1CCC(OC)C1. The van der Waals surface area contributed by atoms with E-state index >= 15 is 0 Å². The first-order valence-electron chi connectivity index (χ1n) is 5.50. The number of nitrogens with zero attached hydrogens (tertiary/aromatic N) is 1. The lowest BCUT2D eigenvalue weighted by molar-refractivity contribution is -0.126. The van der Waals surface area contributed by atoms with Crippen molar-refractivity contribution in [3.63, 3.8) is 0 Å². The molecule has 1 heterocycles. The van der Waals surface area contributed by atoms with Crippen LogP contribution in [0.25, 0.3) is 0 Å². The van der Waals surface area contributed by atoms with Gasteiger partial charge in [-0.1, -0.05) is 13.3 Å². The van der Waals surface area contributed by atoms with Crippen molar-refractivity contribution in [1.29, 1.82) is 0 Å². The number of rotatable bonds is 5. The van der Waals surface area contributed by atoms with Crippen molar-refractivity contribution in [3.05, 3.63) is 0 Å². The van der Waals surface area contributed by atoms with Crippen LogP contribution in [0.5, 0.6) is 0 Å². The van der Waals surface area contributed by atoms with Crippen molar-refractivity contribution < 1.29 is 9.53 Å². The van der Waals surface area contributed by atoms with Gasteiger partial charge in [-0.2, -0.15) is 0 Å². The van der Waals surface area contributed by atoms with E-state index in [9.17, 15) is 4.79 Å². The summed E-state index contributed by atoms with van der Waals surface area (Å²) in [6.45, 7) is 3.81. The van der Waals surface area contributed by atoms with Gasteiger partial charge in [0.05, 0.1) is 12.1 Å². The van der Waals surface area contributed by atoms with Gasteiger partial charge in [0.1, 0.15) is 0 Å². The summed E-state index contributed by atoms with van der Waals surface area (Å²) in [6, 6.07) is -0.0971. The maximum atomic E-state index is 11.6. The summed E-state index contributed by atoms with van der Waals surface area (Å²) < 4.78 is 5.28. The number of hydrogen-bond acceptors (Lipinski definition) is 4. The summed E-state index contributed by atoms with van der Waals surface area (Å²) in [5, 5.41) is 0. The fourth-order valence-corrected chi connectivity index (χ4v) is 2.08. The fourth-order valence-electron chi connectivity index (χ4n) is 2.08. The van der Waals surface area contributed by atoms with Crippen molar-refractivity contribution >= 4 is 5.91 Å². The van der Waals surface area contributed by atoms with Crippen LogP contribution in [0.4, 0.5) is 0 Å². The molecule has 5 nitrogen and oxygen atoms in total. The van der Waals surface area contributed by atoms with E-state index < -0.39 is 0 Å². The molecule has 1 aliphatic rings. The molecule has 3 N–H and O–H groups in total. The van der Waals surface area contributed by atoms with Crippen molar-refractivity contribution in [2.45, 2.75) is 38.3 Å². The topological polar surface area (TPSA) is 67.6 Å². The molecule has 5 heteroatoms. The van der Waals surface area contributed by atoms with E-state index in [1.165, 1.54) is 0 Å². The number of hydrogen-bond donors (Lipinski definition) is 2. The van der Waals surface area contributed by atoms with E-state index in [1.54, 1.807) is 7.11 Å². The zero-order chi connectivity index (χ0) is 11.3. The lowest BCUT2D eigenvalue weighted by Crippen LogP contribution is -2.48. The minimum Gasteiger partial charge on any atom is -0.380 e. The molecular weight excluding hydrogens is 194 g/mol. The van der Waals surface area contributed by atoms with Gasteiger partial charge in [-0.05, 0) is 12.8 Å². The van der Waals surface area contributed by atoms with Crippen molar-refractivity contribution in [1.82, 2.24) is 10.3 Å². The molecule has 1 rings (SSSR count). The number of hydrazine groups is 1. The Morgan fingerprint density at radius 3 is 2.93 bits per heavy atom. The minimum atomic E-state index is -0.0971. The van der Waals surface area contributed by atoms with Crippen LogP contribution in [0.2, 0.25) is 0 Å². The van der Waals surface area contributed by atoms with Crippen molar-refractivity contribution in [2.24, 2.45) is 5.84 Å². The molecule has 0 saturated carbocycles. The van der Waals surface area contributed by atoms with Gasteiger partial charge in [0, 0.05) is 20.2 Å². The van der Waals surface area contributed by atoms with Crippen LogP contribution in [-0.2, 0) is 9.53 Å². The Bertz CT molecular complexity index is 211. The third kappa shape index (κ3) is 3.15. The first-order chi connectivity index (χ1) is 7.22. The van der Waals surface area contributed by atoms with Crippen LogP contribution in [0.15, 0.2) is 0 Å². The molecule has 0 spiro atoms. The highest BCUT2D eigenvalue weighted by Gasteiger charge is 2.31. The second-order valence-corrected chi connectivity index (χ2v) is 3.95. The molecule has 0 aromatic rings. The molecule has 2 unspecified atom stereocenters.